The molecule has 6 heteroatoms. The van der Waals surface area contributed by atoms with E-state index in [1.807, 2.05) is 12.1 Å². The summed E-state index contributed by atoms with van der Waals surface area (Å²) in [6.07, 6.45) is 0. The molecule has 3 rings (SSSR count). The van der Waals surface area contributed by atoms with Crippen LogP contribution in [0, 0.1) is 0 Å². The van der Waals surface area contributed by atoms with Crippen LogP contribution in [0.1, 0.15) is 0 Å². The van der Waals surface area contributed by atoms with E-state index >= 15 is 0 Å². The van der Waals surface area contributed by atoms with Gasteiger partial charge in [0, 0.05) is 5.02 Å². The van der Waals surface area contributed by atoms with E-state index in [1.54, 1.807) is 24.3 Å². The summed E-state index contributed by atoms with van der Waals surface area (Å²) in [6.45, 7) is 0. The Morgan fingerprint density at radius 2 is 1.95 bits per heavy atom. The molecular formula is C13H8Cl2N2O2. The molecule has 4 nitrogen and oxygen atoms in total. The fraction of sp³-hybridized carbons (Fsp3) is 0. The summed E-state index contributed by atoms with van der Waals surface area (Å²) in [4.78, 5) is 0. The molecule has 2 aromatic heterocycles. The Labute approximate surface area is 118 Å². The Balaban J connectivity index is 2.19. The summed E-state index contributed by atoms with van der Waals surface area (Å²) in [7, 11) is 0. The summed E-state index contributed by atoms with van der Waals surface area (Å²) in [5, 5.41) is 4.63. The van der Waals surface area contributed by atoms with Crippen LogP contribution in [0.5, 0.6) is 0 Å². The van der Waals surface area contributed by atoms with Crippen molar-refractivity contribution in [1.29, 1.82) is 0 Å². The highest BCUT2D eigenvalue weighted by molar-refractivity contribution is 6.31. The number of rotatable bonds is 2. The number of anilines is 1. The fourth-order valence-corrected chi connectivity index (χ4v) is 2.17. The minimum atomic E-state index is 0.266. The molecule has 0 amide bonds. The molecule has 0 saturated carbocycles. The van der Waals surface area contributed by atoms with Gasteiger partial charge in [0.1, 0.15) is 0 Å². The van der Waals surface area contributed by atoms with Crippen LogP contribution < -0.4 is 5.73 Å². The van der Waals surface area contributed by atoms with Gasteiger partial charge in [-0.05, 0) is 41.4 Å². The number of hydrogen-bond acceptors (Lipinski definition) is 4. The van der Waals surface area contributed by atoms with E-state index in [0.717, 1.165) is 5.56 Å². The zero-order valence-corrected chi connectivity index (χ0v) is 11.1. The van der Waals surface area contributed by atoms with Gasteiger partial charge in [-0.1, -0.05) is 28.9 Å². The van der Waals surface area contributed by atoms with Crippen molar-refractivity contribution >= 4 is 29.0 Å². The number of nitrogen functional groups attached to an aromatic ring is 1. The molecule has 2 N–H and O–H groups in total. The first-order valence-corrected chi connectivity index (χ1v) is 6.17. The van der Waals surface area contributed by atoms with Crippen LogP contribution in [-0.2, 0) is 0 Å². The third-order valence-electron chi connectivity index (χ3n) is 2.63. The maximum atomic E-state index is 5.98. The summed E-state index contributed by atoms with van der Waals surface area (Å²) >= 11 is 11.7. The van der Waals surface area contributed by atoms with Crippen molar-refractivity contribution in [3.63, 3.8) is 0 Å². The van der Waals surface area contributed by atoms with Gasteiger partial charge in [0.05, 0.1) is 5.56 Å². The Hall–Kier alpha value is -1.91. The van der Waals surface area contributed by atoms with Crippen LogP contribution in [0.25, 0.3) is 22.6 Å². The highest BCUT2D eigenvalue weighted by Gasteiger charge is 2.20. The van der Waals surface area contributed by atoms with E-state index in [9.17, 15) is 0 Å². The van der Waals surface area contributed by atoms with Crippen LogP contribution >= 0.6 is 23.2 Å². The standard InChI is InChI=1S/C13H8Cl2N2O2/c14-8-3-1-2-7(6-8)11-12(19-17-13(11)16)9-4-5-10(15)18-9/h1-6H,(H2,16,17). The minimum absolute atomic E-state index is 0.266. The molecule has 0 atom stereocenters. The van der Waals surface area contributed by atoms with Gasteiger partial charge >= 0.3 is 0 Å². The lowest BCUT2D eigenvalue weighted by molar-refractivity contribution is 0.421. The fourth-order valence-electron chi connectivity index (χ4n) is 1.83. The van der Waals surface area contributed by atoms with Gasteiger partial charge in [0.25, 0.3) is 0 Å². The minimum Gasteiger partial charge on any atom is -0.441 e. The van der Waals surface area contributed by atoms with E-state index < -0.39 is 0 Å². The third-order valence-corrected chi connectivity index (χ3v) is 3.07. The largest absolute Gasteiger partial charge is 0.441 e. The average Bonchev–Trinajstić information content (AvgIpc) is 2.95. The SMILES string of the molecule is Nc1noc(-c2ccc(Cl)o2)c1-c1cccc(Cl)c1. The van der Waals surface area contributed by atoms with Gasteiger partial charge < -0.3 is 14.7 Å². The molecule has 0 spiro atoms. The molecule has 0 saturated heterocycles. The molecule has 19 heavy (non-hydrogen) atoms. The van der Waals surface area contributed by atoms with E-state index in [2.05, 4.69) is 5.16 Å². The second-order valence-electron chi connectivity index (χ2n) is 3.89. The highest BCUT2D eigenvalue weighted by Crippen LogP contribution is 2.38. The predicted molar refractivity (Wildman–Crippen MR) is 74.1 cm³/mol. The molecule has 3 aromatic rings. The van der Waals surface area contributed by atoms with Crippen LogP contribution in [-0.4, -0.2) is 5.16 Å². The van der Waals surface area contributed by atoms with E-state index in [4.69, 9.17) is 37.9 Å². The molecule has 0 unspecified atom stereocenters. The Bertz CT molecular complexity index is 734. The molecule has 0 radical (unpaired) electrons. The number of benzene rings is 1. The molecule has 0 aliphatic carbocycles. The normalized spacial score (nSPS) is 10.8. The number of halogens is 2. The zero-order chi connectivity index (χ0) is 13.4. The molecule has 0 bridgehead atoms. The van der Waals surface area contributed by atoms with Crippen molar-refractivity contribution in [3.8, 4) is 22.6 Å². The number of nitrogens with two attached hydrogens (primary N) is 1. The van der Waals surface area contributed by atoms with Crippen molar-refractivity contribution in [3.05, 3.63) is 46.6 Å². The van der Waals surface area contributed by atoms with Crippen molar-refractivity contribution < 1.29 is 8.94 Å². The lowest BCUT2D eigenvalue weighted by Gasteiger charge is -2.01. The van der Waals surface area contributed by atoms with Crippen molar-refractivity contribution in [2.24, 2.45) is 0 Å². The Kier molecular flexibility index (Phi) is 2.97. The first-order chi connectivity index (χ1) is 9.15. The van der Waals surface area contributed by atoms with Gasteiger partial charge in [-0.25, -0.2) is 0 Å². The summed E-state index contributed by atoms with van der Waals surface area (Å²) < 4.78 is 10.5. The summed E-state index contributed by atoms with van der Waals surface area (Å²) in [5.41, 5.74) is 7.28. The van der Waals surface area contributed by atoms with Gasteiger partial charge in [-0.3, -0.25) is 0 Å². The Morgan fingerprint density at radius 3 is 2.63 bits per heavy atom. The predicted octanol–water partition coefficient (Wildman–Crippen LogP) is 4.49. The van der Waals surface area contributed by atoms with Crippen molar-refractivity contribution in [2.45, 2.75) is 0 Å². The third kappa shape index (κ3) is 2.20. The van der Waals surface area contributed by atoms with Gasteiger partial charge in [-0.2, -0.15) is 0 Å². The first kappa shape index (κ1) is 12.1. The van der Waals surface area contributed by atoms with Crippen LogP contribution in [0.3, 0.4) is 0 Å². The number of aromatic nitrogens is 1. The topological polar surface area (TPSA) is 65.2 Å². The summed E-state index contributed by atoms with van der Waals surface area (Å²) in [6, 6.07) is 10.6. The molecule has 1 aromatic carbocycles. The monoisotopic (exact) mass is 294 g/mol. The lowest BCUT2D eigenvalue weighted by Crippen LogP contribution is -1.88. The summed E-state index contributed by atoms with van der Waals surface area (Å²) in [5.74, 6) is 1.15. The van der Waals surface area contributed by atoms with Crippen LogP contribution in [0.4, 0.5) is 5.82 Å². The second kappa shape index (κ2) is 4.64. The maximum absolute atomic E-state index is 5.98. The van der Waals surface area contributed by atoms with E-state index in [1.165, 1.54) is 0 Å². The number of nitrogens with zero attached hydrogens (tertiary/aromatic N) is 1. The molecule has 2 heterocycles. The molecule has 96 valence electrons. The highest BCUT2D eigenvalue weighted by atomic mass is 35.5. The first-order valence-electron chi connectivity index (χ1n) is 5.42. The van der Waals surface area contributed by atoms with Crippen molar-refractivity contribution in [2.75, 3.05) is 5.73 Å². The molecule has 0 aliphatic rings. The van der Waals surface area contributed by atoms with Gasteiger partial charge in [0.15, 0.2) is 16.8 Å². The van der Waals surface area contributed by atoms with Crippen molar-refractivity contribution in [1.82, 2.24) is 5.16 Å². The lowest BCUT2D eigenvalue weighted by atomic mass is 10.0. The van der Waals surface area contributed by atoms with Crippen LogP contribution in [0.2, 0.25) is 10.2 Å². The van der Waals surface area contributed by atoms with E-state index in [0.29, 0.717) is 22.1 Å². The molecule has 0 fully saturated rings. The van der Waals surface area contributed by atoms with Crippen LogP contribution in [0.15, 0.2) is 45.3 Å². The molecular weight excluding hydrogens is 287 g/mol. The Morgan fingerprint density at radius 1 is 1.11 bits per heavy atom. The van der Waals surface area contributed by atoms with Gasteiger partial charge in [0.2, 0.25) is 5.76 Å². The number of furan rings is 1. The quantitative estimate of drug-likeness (QED) is 0.756. The zero-order valence-electron chi connectivity index (χ0n) is 9.56. The second-order valence-corrected chi connectivity index (χ2v) is 4.70. The van der Waals surface area contributed by atoms with Gasteiger partial charge in [-0.15, -0.1) is 0 Å². The average molecular weight is 295 g/mol. The maximum Gasteiger partial charge on any atom is 0.212 e. The number of hydrogen-bond donors (Lipinski definition) is 1. The smallest absolute Gasteiger partial charge is 0.212 e. The van der Waals surface area contributed by atoms with E-state index in [-0.39, 0.29) is 11.0 Å². The molecule has 0 aliphatic heterocycles.